The maximum atomic E-state index is 13.7. The molecule has 232 valence electrons. The summed E-state index contributed by atoms with van der Waals surface area (Å²) in [7, 11) is -3.51. The first-order valence-electron chi connectivity index (χ1n) is 14.2. The molecule has 11 nitrogen and oxygen atoms in total. The molecule has 42 heavy (non-hydrogen) atoms. The molecule has 3 rings (SSSR count). The van der Waals surface area contributed by atoms with Gasteiger partial charge in [0.2, 0.25) is 17.7 Å². The van der Waals surface area contributed by atoms with E-state index in [0.29, 0.717) is 19.3 Å². The summed E-state index contributed by atoms with van der Waals surface area (Å²) in [6, 6.07) is 6.11. The molecule has 4 N–H and O–H groups in total. The lowest BCUT2D eigenvalue weighted by Crippen LogP contribution is -2.57. The number of aliphatic hydroxyl groups is 1. The second-order valence-electron chi connectivity index (χ2n) is 11.9. The average Bonchev–Trinajstić information content (AvgIpc) is 3.52. The fourth-order valence-corrected chi connectivity index (χ4v) is 6.09. The standard InChI is InChI=1S/C29H43N4O7PS/c1-19-25(42-18-31-19)21-12-10-20(11-13-21)16-30-27(36)23-15-22(34)17-33(23)28(37)26(29(2,3)4)32-24(35)9-7-6-8-14-40-41(5,38)39/h10-13,18,22-23,26,34H,6-9,14-17H2,1-5H3,(H,30,36)(H,32,35)(H,38,39)/t22-,23+,26-/m1/s1. The number of likely N-dealkylation sites (tertiary alicyclic amines) is 1. The number of hydrogen-bond donors (Lipinski definition) is 4. The number of rotatable bonds is 13. The number of thiazole rings is 1. The van der Waals surface area contributed by atoms with Crippen LogP contribution in [0.3, 0.4) is 0 Å². The summed E-state index contributed by atoms with van der Waals surface area (Å²) < 4.78 is 16.0. The molecule has 1 fully saturated rings. The van der Waals surface area contributed by atoms with Gasteiger partial charge in [-0.25, -0.2) is 4.98 Å². The molecule has 1 aliphatic heterocycles. The molecule has 0 saturated carbocycles. The molecular weight excluding hydrogens is 579 g/mol. The van der Waals surface area contributed by atoms with Crippen LogP contribution in [0.25, 0.3) is 10.4 Å². The number of benzene rings is 1. The van der Waals surface area contributed by atoms with E-state index in [0.717, 1.165) is 28.4 Å². The van der Waals surface area contributed by atoms with Gasteiger partial charge in [0.05, 0.1) is 28.8 Å². The van der Waals surface area contributed by atoms with E-state index in [4.69, 9.17) is 9.42 Å². The lowest BCUT2D eigenvalue weighted by atomic mass is 9.85. The van der Waals surface area contributed by atoms with Crippen molar-refractivity contribution in [3.8, 4) is 10.4 Å². The van der Waals surface area contributed by atoms with E-state index >= 15 is 0 Å². The van der Waals surface area contributed by atoms with Crippen molar-refractivity contribution >= 4 is 36.7 Å². The third-order valence-electron chi connectivity index (χ3n) is 7.09. The van der Waals surface area contributed by atoms with Crippen molar-refractivity contribution in [1.29, 1.82) is 0 Å². The van der Waals surface area contributed by atoms with E-state index < -0.39 is 37.1 Å². The SMILES string of the molecule is Cc1ncsc1-c1ccc(CNC(=O)[C@@H]2C[C@@H](O)CN2C(=O)[C@@H](NC(=O)CCCCCOP(C)(=O)O)C(C)(C)C)cc1. The van der Waals surface area contributed by atoms with Gasteiger partial charge in [0.15, 0.2) is 0 Å². The number of carbonyl (C=O) groups is 3. The lowest BCUT2D eigenvalue weighted by molar-refractivity contribution is -0.144. The topological polar surface area (TPSA) is 158 Å². The summed E-state index contributed by atoms with van der Waals surface area (Å²) in [6.45, 7) is 9.01. The molecule has 0 bridgehead atoms. The fourth-order valence-electron chi connectivity index (χ4n) is 4.81. The number of unbranched alkanes of at least 4 members (excludes halogenated alkanes) is 2. The highest BCUT2D eigenvalue weighted by Gasteiger charge is 2.44. The number of aromatic nitrogens is 1. The molecule has 2 heterocycles. The highest BCUT2D eigenvalue weighted by molar-refractivity contribution is 7.51. The maximum Gasteiger partial charge on any atom is 0.325 e. The maximum absolute atomic E-state index is 13.7. The Morgan fingerprint density at radius 1 is 1.19 bits per heavy atom. The van der Waals surface area contributed by atoms with Crippen molar-refractivity contribution in [1.82, 2.24) is 20.5 Å². The van der Waals surface area contributed by atoms with Gasteiger partial charge in [-0.15, -0.1) is 11.3 Å². The molecule has 1 aliphatic rings. The number of hydrogen-bond acceptors (Lipinski definition) is 8. The first-order valence-corrected chi connectivity index (χ1v) is 17.1. The molecule has 1 unspecified atom stereocenters. The molecule has 1 aromatic carbocycles. The van der Waals surface area contributed by atoms with Gasteiger partial charge in [0.25, 0.3) is 0 Å². The monoisotopic (exact) mass is 622 g/mol. The van der Waals surface area contributed by atoms with Crippen molar-refractivity contribution < 1.29 is 33.5 Å². The van der Waals surface area contributed by atoms with Crippen molar-refractivity contribution in [2.45, 2.75) is 84.5 Å². The van der Waals surface area contributed by atoms with E-state index in [9.17, 15) is 24.1 Å². The van der Waals surface area contributed by atoms with Crippen LogP contribution >= 0.6 is 18.9 Å². The van der Waals surface area contributed by atoms with Crippen LogP contribution in [0.1, 0.15) is 64.1 Å². The lowest BCUT2D eigenvalue weighted by Gasteiger charge is -2.35. The van der Waals surface area contributed by atoms with Crippen molar-refractivity contribution in [2.75, 3.05) is 19.8 Å². The molecule has 1 aromatic heterocycles. The van der Waals surface area contributed by atoms with Gasteiger partial charge in [-0.3, -0.25) is 18.9 Å². The number of carbonyl (C=O) groups excluding carboxylic acids is 3. The highest BCUT2D eigenvalue weighted by atomic mass is 32.1. The van der Waals surface area contributed by atoms with Crippen molar-refractivity contribution in [3.05, 3.63) is 41.0 Å². The molecule has 2 aromatic rings. The van der Waals surface area contributed by atoms with E-state index in [2.05, 4.69) is 15.6 Å². The second kappa shape index (κ2) is 14.7. The first kappa shape index (κ1) is 33.9. The summed E-state index contributed by atoms with van der Waals surface area (Å²) in [5.74, 6) is -1.07. The van der Waals surface area contributed by atoms with Crippen LogP contribution < -0.4 is 10.6 Å². The van der Waals surface area contributed by atoms with Crippen LogP contribution in [-0.4, -0.2) is 75.6 Å². The van der Waals surface area contributed by atoms with Gasteiger partial charge in [-0.2, -0.15) is 0 Å². The van der Waals surface area contributed by atoms with E-state index in [1.54, 1.807) is 11.3 Å². The third-order valence-corrected chi connectivity index (χ3v) is 8.73. The molecular formula is C29H43N4O7PS. The van der Waals surface area contributed by atoms with Crippen molar-refractivity contribution in [3.63, 3.8) is 0 Å². The normalized spacial score (nSPS) is 19.3. The molecule has 4 atom stereocenters. The number of aliphatic hydroxyl groups excluding tert-OH is 1. The van der Waals surface area contributed by atoms with Crippen molar-refractivity contribution in [2.24, 2.45) is 5.41 Å². The Morgan fingerprint density at radius 2 is 1.88 bits per heavy atom. The molecule has 1 saturated heterocycles. The number of amides is 3. The summed E-state index contributed by atoms with van der Waals surface area (Å²) >= 11 is 1.57. The van der Waals surface area contributed by atoms with Gasteiger partial charge in [0.1, 0.15) is 12.1 Å². The van der Waals surface area contributed by atoms with Gasteiger partial charge in [0, 0.05) is 32.6 Å². The van der Waals surface area contributed by atoms with Gasteiger partial charge < -0.3 is 30.1 Å². The number of nitrogens with one attached hydrogen (secondary N) is 2. The van der Waals surface area contributed by atoms with Crippen LogP contribution in [0.15, 0.2) is 29.8 Å². The Balaban J connectivity index is 1.56. The summed E-state index contributed by atoms with van der Waals surface area (Å²) in [4.78, 5) is 55.6. The molecule has 0 radical (unpaired) electrons. The largest absolute Gasteiger partial charge is 0.391 e. The Kier molecular flexibility index (Phi) is 11.9. The van der Waals surface area contributed by atoms with Gasteiger partial charge in [-0.1, -0.05) is 51.5 Å². The zero-order valence-electron chi connectivity index (χ0n) is 25.0. The summed E-state index contributed by atoms with van der Waals surface area (Å²) in [6.07, 6.45) is 1.13. The van der Waals surface area contributed by atoms with Crippen LogP contribution in [0, 0.1) is 12.3 Å². The minimum absolute atomic E-state index is 0.00834. The smallest absolute Gasteiger partial charge is 0.325 e. The predicted molar refractivity (Wildman–Crippen MR) is 162 cm³/mol. The average molecular weight is 623 g/mol. The first-order chi connectivity index (χ1) is 19.7. The molecule has 0 spiro atoms. The van der Waals surface area contributed by atoms with E-state index in [1.807, 2.05) is 57.5 Å². The van der Waals surface area contributed by atoms with Gasteiger partial charge in [-0.05, 0) is 36.3 Å². The number of aryl methyl sites for hydroxylation is 1. The molecule has 13 heteroatoms. The predicted octanol–water partition coefficient (Wildman–Crippen LogP) is 3.62. The zero-order valence-corrected chi connectivity index (χ0v) is 26.7. The Morgan fingerprint density at radius 3 is 2.48 bits per heavy atom. The number of nitrogens with zero attached hydrogens (tertiary/aromatic N) is 2. The van der Waals surface area contributed by atoms with Crippen LogP contribution in [0.4, 0.5) is 0 Å². The van der Waals surface area contributed by atoms with Crippen LogP contribution in [0.2, 0.25) is 0 Å². The van der Waals surface area contributed by atoms with Crippen LogP contribution in [0.5, 0.6) is 0 Å². The zero-order chi connectivity index (χ0) is 31.1. The van der Waals surface area contributed by atoms with Gasteiger partial charge >= 0.3 is 7.60 Å². The number of β-amino-alcohol motifs (C(OH)–C–C–N with tert-alkyl or cyclic N) is 1. The molecule has 3 amide bonds. The minimum Gasteiger partial charge on any atom is -0.391 e. The quantitative estimate of drug-likeness (QED) is 0.195. The molecule has 0 aliphatic carbocycles. The fraction of sp³-hybridized carbons (Fsp3) is 0.586. The second-order valence-corrected chi connectivity index (χ2v) is 14.6. The van der Waals surface area contributed by atoms with E-state index in [-0.39, 0.29) is 44.4 Å². The van der Waals surface area contributed by atoms with Crippen LogP contribution in [-0.2, 0) is 30.0 Å². The Hall–Kier alpha value is -2.63. The minimum atomic E-state index is -3.51. The van der Waals surface area contributed by atoms with E-state index in [1.165, 1.54) is 4.90 Å². The third kappa shape index (κ3) is 9.98. The Bertz CT molecular complexity index is 1270. The summed E-state index contributed by atoms with van der Waals surface area (Å²) in [5, 5.41) is 16.1. The Labute approximate surface area is 251 Å². The highest BCUT2D eigenvalue weighted by Crippen LogP contribution is 2.36. The summed E-state index contributed by atoms with van der Waals surface area (Å²) in [5.41, 5.74) is 4.09.